The fourth-order valence-corrected chi connectivity index (χ4v) is 3.29. The molecule has 1 saturated heterocycles. The maximum Gasteiger partial charge on any atom is 0.339 e. The first kappa shape index (κ1) is 13.9. The minimum atomic E-state index is -0.960. The molecule has 4 nitrogen and oxygen atoms in total. The largest absolute Gasteiger partial charge is 0.489 e. The second-order valence-electron chi connectivity index (χ2n) is 5.56. The molecule has 0 radical (unpaired) electrons. The number of ether oxygens (including phenoxy) is 2. The number of carboxylic acids is 1. The van der Waals surface area contributed by atoms with Crippen LogP contribution in [-0.2, 0) is 4.74 Å². The van der Waals surface area contributed by atoms with Crippen molar-refractivity contribution in [2.45, 2.75) is 43.8 Å². The molecule has 1 aromatic rings. The van der Waals surface area contributed by atoms with E-state index in [9.17, 15) is 9.90 Å². The smallest absolute Gasteiger partial charge is 0.339 e. The van der Waals surface area contributed by atoms with Crippen molar-refractivity contribution in [3.8, 4) is 5.75 Å². The number of hydrogen-bond donors (Lipinski definition) is 1. The maximum atomic E-state index is 11.2. The Morgan fingerprint density at radius 3 is 2.90 bits per heavy atom. The molecule has 1 unspecified atom stereocenters. The molecule has 2 aliphatic rings. The van der Waals surface area contributed by atoms with Gasteiger partial charge in [-0.25, -0.2) is 4.79 Å². The van der Waals surface area contributed by atoms with E-state index in [1.165, 1.54) is 6.42 Å². The summed E-state index contributed by atoms with van der Waals surface area (Å²) in [5.74, 6) is -0.522. The number of rotatable bonds is 3. The van der Waals surface area contributed by atoms with Crippen molar-refractivity contribution in [1.82, 2.24) is 0 Å². The van der Waals surface area contributed by atoms with Gasteiger partial charge in [0.2, 0.25) is 0 Å². The van der Waals surface area contributed by atoms with Crippen LogP contribution in [-0.4, -0.2) is 29.4 Å². The summed E-state index contributed by atoms with van der Waals surface area (Å²) >= 11 is 3.36. The standard InChI is InChI=1S/C15H17BrO4/c16-10-2-3-12(14(17)18)13(8-10)20-11-4-7-19-15(9-11)5-1-6-15/h2-3,8,11H,1,4-7,9H2,(H,17,18). The average molecular weight is 341 g/mol. The molecular weight excluding hydrogens is 324 g/mol. The van der Waals surface area contributed by atoms with Crippen molar-refractivity contribution in [2.24, 2.45) is 0 Å². The van der Waals surface area contributed by atoms with Gasteiger partial charge in [-0.2, -0.15) is 0 Å². The third-order valence-corrected chi connectivity index (χ3v) is 4.67. The zero-order valence-corrected chi connectivity index (χ0v) is 12.7. The highest BCUT2D eigenvalue weighted by Crippen LogP contribution is 2.43. The zero-order valence-electron chi connectivity index (χ0n) is 11.1. The van der Waals surface area contributed by atoms with E-state index in [2.05, 4.69) is 15.9 Å². The Labute approximate surface area is 126 Å². The molecule has 1 atom stereocenters. The van der Waals surface area contributed by atoms with Crippen molar-refractivity contribution >= 4 is 21.9 Å². The molecule has 0 aromatic heterocycles. The third-order valence-electron chi connectivity index (χ3n) is 4.18. The highest BCUT2D eigenvalue weighted by molar-refractivity contribution is 9.10. The molecule has 20 heavy (non-hydrogen) atoms. The summed E-state index contributed by atoms with van der Waals surface area (Å²) in [4.78, 5) is 11.2. The van der Waals surface area contributed by atoms with Gasteiger partial charge in [0.05, 0.1) is 12.2 Å². The fourth-order valence-electron chi connectivity index (χ4n) is 2.95. The maximum absolute atomic E-state index is 11.2. The zero-order chi connectivity index (χ0) is 14.2. The molecule has 2 fully saturated rings. The van der Waals surface area contributed by atoms with Gasteiger partial charge in [-0.3, -0.25) is 0 Å². The molecule has 1 aliphatic heterocycles. The number of benzene rings is 1. The van der Waals surface area contributed by atoms with Gasteiger partial charge in [-0.1, -0.05) is 15.9 Å². The summed E-state index contributed by atoms with van der Waals surface area (Å²) in [5.41, 5.74) is 0.209. The summed E-state index contributed by atoms with van der Waals surface area (Å²) in [6, 6.07) is 5.01. The van der Waals surface area contributed by atoms with Crippen LogP contribution in [0.2, 0.25) is 0 Å². The quantitative estimate of drug-likeness (QED) is 0.912. The van der Waals surface area contributed by atoms with Gasteiger partial charge in [0.15, 0.2) is 0 Å². The second kappa shape index (κ2) is 5.37. The van der Waals surface area contributed by atoms with Crippen LogP contribution in [0.3, 0.4) is 0 Å². The lowest BCUT2D eigenvalue weighted by molar-refractivity contribution is -0.153. The first-order valence-electron chi connectivity index (χ1n) is 6.91. The Bertz CT molecular complexity index is 525. The van der Waals surface area contributed by atoms with Gasteiger partial charge in [-0.05, 0) is 37.5 Å². The van der Waals surface area contributed by atoms with E-state index in [-0.39, 0.29) is 17.3 Å². The Kier molecular flexibility index (Phi) is 3.73. The van der Waals surface area contributed by atoms with E-state index in [4.69, 9.17) is 9.47 Å². The molecular formula is C15H17BrO4. The Hall–Kier alpha value is -1.07. The summed E-state index contributed by atoms with van der Waals surface area (Å²) in [6.45, 7) is 0.696. The monoisotopic (exact) mass is 340 g/mol. The Morgan fingerprint density at radius 1 is 1.45 bits per heavy atom. The van der Waals surface area contributed by atoms with Gasteiger partial charge < -0.3 is 14.6 Å². The number of hydrogen-bond acceptors (Lipinski definition) is 3. The normalized spacial score (nSPS) is 24.1. The summed E-state index contributed by atoms with van der Waals surface area (Å²) in [5, 5.41) is 9.23. The van der Waals surface area contributed by atoms with Gasteiger partial charge >= 0.3 is 5.97 Å². The first-order valence-corrected chi connectivity index (χ1v) is 7.71. The van der Waals surface area contributed by atoms with Crippen LogP contribution in [0.4, 0.5) is 0 Å². The van der Waals surface area contributed by atoms with E-state index in [1.807, 2.05) is 0 Å². The predicted molar refractivity (Wildman–Crippen MR) is 77.3 cm³/mol. The van der Waals surface area contributed by atoms with E-state index in [0.717, 1.165) is 30.2 Å². The molecule has 5 heteroatoms. The molecule has 0 amide bonds. The second-order valence-corrected chi connectivity index (χ2v) is 6.48. The molecule has 1 aromatic carbocycles. The molecule has 1 N–H and O–H groups in total. The van der Waals surface area contributed by atoms with Crippen molar-refractivity contribution in [3.05, 3.63) is 28.2 Å². The molecule has 108 valence electrons. The van der Waals surface area contributed by atoms with E-state index in [1.54, 1.807) is 18.2 Å². The molecule has 0 bridgehead atoms. The highest BCUT2D eigenvalue weighted by Gasteiger charge is 2.43. The van der Waals surface area contributed by atoms with Gasteiger partial charge in [0.1, 0.15) is 17.4 Å². The number of carbonyl (C=O) groups is 1. The Morgan fingerprint density at radius 2 is 2.25 bits per heavy atom. The molecule has 1 aliphatic carbocycles. The van der Waals surface area contributed by atoms with Crippen LogP contribution in [0.1, 0.15) is 42.5 Å². The number of carboxylic acid groups (broad SMARTS) is 1. The number of aromatic carboxylic acids is 1. The van der Waals surface area contributed by atoms with Gasteiger partial charge in [0.25, 0.3) is 0 Å². The van der Waals surface area contributed by atoms with Crippen LogP contribution in [0, 0.1) is 0 Å². The van der Waals surface area contributed by atoms with E-state index >= 15 is 0 Å². The molecule has 1 saturated carbocycles. The predicted octanol–water partition coefficient (Wildman–Crippen LogP) is 3.63. The van der Waals surface area contributed by atoms with E-state index in [0.29, 0.717) is 12.4 Å². The van der Waals surface area contributed by atoms with Crippen molar-refractivity contribution in [1.29, 1.82) is 0 Å². The summed E-state index contributed by atoms with van der Waals surface area (Å²) in [6.07, 6.45) is 5.11. The molecule has 3 rings (SSSR count). The molecule has 1 heterocycles. The summed E-state index contributed by atoms with van der Waals surface area (Å²) < 4.78 is 12.7. The van der Waals surface area contributed by atoms with Crippen LogP contribution in [0.5, 0.6) is 5.75 Å². The lowest BCUT2D eigenvalue weighted by Gasteiger charge is -2.46. The van der Waals surface area contributed by atoms with E-state index < -0.39 is 5.97 Å². The highest BCUT2D eigenvalue weighted by atomic mass is 79.9. The summed E-state index contributed by atoms with van der Waals surface area (Å²) in [7, 11) is 0. The average Bonchev–Trinajstić information content (AvgIpc) is 2.37. The van der Waals surface area contributed by atoms with Crippen molar-refractivity contribution in [2.75, 3.05) is 6.61 Å². The van der Waals surface area contributed by atoms with Crippen LogP contribution in [0.15, 0.2) is 22.7 Å². The lowest BCUT2D eigenvalue weighted by atomic mass is 9.74. The number of halogens is 1. The minimum absolute atomic E-state index is 0.00167. The van der Waals surface area contributed by atoms with Crippen molar-refractivity contribution < 1.29 is 19.4 Å². The first-order chi connectivity index (χ1) is 9.58. The minimum Gasteiger partial charge on any atom is -0.489 e. The Balaban J connectivity index is 1.76. The fraction of sp³-hybridized carbons (Fsp3) is 0.533. The lowest BCUT2D eigenvalue weighted by Crippen LogP contribution is -2.48. The van der Waals surface area contributed by atoms with Crippen LogP contribution < -0.4 is 4.74 Å². The van der Waals surface area contributed by atoms with Gasteiger partial charge in [0, 0.05) is 17.3 Å². The topological polar surface area (TPSA) is 55.8 Å². The van der Waals surface area contributed by atoms with Crippen LogP contribution >= 0.6 is 15.9 Å². The van der Waals surface area contributed by atoms with Crippen molar-refractivity contribution in [3.63, 3.8) is 0 Å². The molecule has 1 spiro atoms. The third kappa shape index (κ3) is 2.69. The van der Waals surface area contributed by atoms with Gasteiger partial charge in [-0.15, -0.1) is 0 Å². The van der Waals surface area contributed by atoms with Crippen LogP contribution in [0.25, 0.3) is 0 Å². The SMILES string of the molecule is O=C(O)c1ccc(Br)cc1OC1CCOC2(CCC2)C1.